The molecule has 0 aromatic heterocycles. The highest BCUT2D eigenvalue weighted by Crippen LogP contribution is 2.18. The lowest BCUT2D eigenvalue weighted by atomic mass is 10.00. The van der Waals surface area contributed by atoms with Crippen LogP contribution >= 0.6 is 0 Å². The number of carbonyl (C=O) groups is 2. The Labute approximate surface area is 153 Å². The lowest BCUT2D eigenvalue weighted by molar-refractivity contribution is -0.154. The molecular formula is C17H33NO6S. The number of hydrogen-bond donors (Lipinski definition) is 1. The van der Waals surface area contributed by atoms with Crippen LogP contribution in [-0.2, 0) is 30.0 Å². The zero-order valence-electron chi connectivity index (χ0n) is 16.8. The van der Waals surface area contributed by atoms with E-state index in [2.05, 4.69) is 4.72 Å². The summed E-state index contributed by atoms with van der Waals surface area (Å²) < 4.78 is 29.9. The fourth-order valence-corrected chi connectivity index (χ4v) is 2.69. The first-order valence-electron chi connectivity index (χ1n) is 8.33. The molecule has 0 rings (SSSR count). The van der Waals surface area contributed by atoms with Gasteiger partial charge in [0.15, 0.2) is 0 Å². The topological polar surface area (TPSA) is 90.9 Å². The van der Waals surface area contributed by atoms with Crippen LogP contribution in [-0.4, -0.2) is 45.9 Å². The third-order valence-corrected chi connectivity index (χ3v) is 4.58. The van der Waals surface area contributed by atoms with Crippen molar-refractivity contribution in [2.45, 2.75) is 84.3 Å². The number of nitrogens with one attached hydrogen (secondary N) is 1. The van der Waals surface area contributed by atoms with Crippen molar-refractivity contribution >= 4 is 23.1 Å². The van der Waals surface area contributed by atoms with Crippen molar-refractivity contribution in [3.05, 3.63) is 0 Å². The quantitative estimate of drug-likeness (QED) is 0.684. The third-order valence-electron chi connectivity index (χ3n) is 2.95. The predicted molar refractivity (Wildman–Crippen MR) is 97.4 cm³/mol. The van der Waals surface area contributed by atoms with E-state index in [1.54, 1.807) is 20.8 Å². The summed E-state index contributed by atoms with van der Waals surface area (Å²) in [4.78, 5) is 24.2. The van der Waals surface area contributed by atoms with Gasteiger partial charge in [0.2, 0.25) is 6.10 Å². The maximum atomic E-state index is 12.5. The van der Waals surface area contributed by atoms with E-state index >= 15 is 0 Å². The third kappa shape index (κ3) is 9.79. The fraction of sp³-hybridized carbons (Fsp3) is 0.882. The van der Waals surface area contributed by atoms with E-state index in [9.17, 15) is 13.8 Å². The smallest absolute Gasteiger partial charge is 0.466 e. The van der Waals surface area contributed by atoms with Crippen LogP contribution in [0, 0.1) is 5.92 Å². The molecule has 0 heterocycles. The van der Waals surface area contributed by atoms with Gasteiger partial charge in [0.1, 0.15) is 5.60 Å². The molecule has 0 spiro atoms. The molecule has 0 radical (unpaired) electrons. The molecule has 0 saturated carbocycles. The largest absolute Gasteiger partial charge is 0.509 e. The number of esters is 1. The number of hydrogen-bond acceptors (Lipinski definition) is 6. The molecular weight excluding hydrogens is 346 g/mol. The van der Waals surface area contributed by atoms with Crippen molar-refractivity contribution < 1.29 is 28.0 Å². The summed E-state index contributed by atoms with van der Waals surface area (Å²) in [6, 6.07) is -0.667. The first-order valence-corrected chi connectivity index (χ1v) is 9.48. The van der Waals surface area contributed by atoms with E-state index in [0.29, 0.717) is 6.42 Å². The van der Waals surface area contributed by atoms with Crippen LogP contribution in [0.2, 0.25) is 0 Å². The SMILES string of the molecule is COC(=O)[C@@H](OC(=O)OC(C)(C)C)[C@@H](CC(C)C)N[S@@](=O)C(C)(C)C. The Bertz CT molecular complexity index is 479. The van der Waals surface area contributed by atoms with Gasteiger partial charge in [0, 0.05) is 0 Å². The molecule has 1 N–H and O–H groups in total. The van der Waals surface area contributed by atoms with Gasteiger partial charge < -0.3 is 14.2 Å². The van der Waals surface area contributed by atoms with Gasteiger partial charge in [-0.25, -0.2) is 18.5 Å². The van der Waals surface area contributed by atoms with Crippen molar-refractivity contribution in [1.29, 1.82) is 0 Å². The molecule has 0 saturated heterocycles. The Hall–Kier alpha value is -1.15. The first kappa shape index (κ1) is 23.9. The van der Waals surface area contributed by atoms with Crippen molar-refractivity contribution in [2.24, 2.45) is 5.92 Å². The summed E-state index contributed by atoms with van der Waals surface area (Å²) in [6.07, 6.45) is -1.77. The second kappa shape index (κ2) is 9.52. The highest BCUT2D eigenvalue weighted by atomic mass is 32.2. The van der Waals surface area contributed by atoms with Gasteiger partial charge >= 0.3 is 12.1 Å². The van der Waals surface area contributed by atoms with E-state index in [4.69, 9.17) is 14.2 Å². The molecule has 0 aliphatic carbocycles. The van der Waals surface area contributed by atoms with Crippen LogP contribution in [0.1, 0.15) is 61.8 Å². The Balaban J connectivity index is 5.44. The van der Waals surface area contributed by atoms with Crippen LogP contribution in [0.5, 0.6) is 0 Å². The van der Waals surface area contributed by atoms with Gasteiger partial charge in [-0.2, -0.15) is 0 Å². The number of rotatable bonds is 7. The normalized spacial score (nSPS) is 16.1. The summed E-state index contributed by atoms with van der Waals surface area (Å²) in [7, 11) is -0.237. The maximum Gasteiger partial charge on any atom is 0.509 e. The average molecular weight is 380 g/mol. The van der Waals surface area contributed by atoms with E-state index < -0.39 is 45.6 Å². The van der Waals surface area contributed by atoms with Crippen molar-refractivity contribution in [1.82, 2.24) is 4.72 Å². The zero-order chi connectivity index (χ0) is 20.0. The van der Waals surface area contributed by atoms with Crippen molar-refractivity contribution in [2.75, 3.05) is 7.11 Å². The minimum Gasteiger partial charge on any atom is -0.466 e. The van der Waals surface area contributed by atoms with Gasteiger partial charge in [-0.3, -0.25) is 0 Å². The monoisotopic (exact) mass is 379 g/mol. The summed E-state index contributed by atoms with van der Waals surface area (Å²) >= 11 is 0. The second-order valence-corrected chi connectivity index (χ2v) is 10.3. The van der Waals surface area contributed by atoms with Crippen LogP contribution in [0.3, 0.4) is 0 Å². The Kier molecular flexibility index (Phi) is 9.08. The standard InChI is InChI=1S/C17H33NO6S/c1-11(2)10-12(18-25(21)17(6,7)8)13(14(19)22-9)23-15(20)24-16(3,4)5/h11-13,18H,10H2,1-9H3/t12-,13+,25+/m1/s1. The molecule has 0 aliphatic rings. The Morgan fingerprint density at radius 3 is 1.96 bits per heavy atom. The highest BCUT2D eigenvalue weighted by Gasteiger charge is 2.37. The zero-order valence-corrected chi connectivity index (χ0v) is 17.6. The second-order valence-electron chi connectivity index (χ2n) is 8.26. The molecule has 0 unspecified atom stereocenters. The highest BCUT2D eigenvalue weighted by molar-refractivity contribution is 7.84. The van der Waals surface area contributed by atoms with E-state index in [-0.39, 0.29) is 5.92 Å². The number of methoxy groups -OCH3 is 1. The maximum absolute atomic E-state index is 12.5. The van der Waals surface area contributed by atoms with Crippen molar-refractivity contribution in [3.8, 4) is 0 Å². The minimum absolute atomic E-state index is 0.170. The lowest BCUT2D eigenvalue weighted by Crippen LogP contribution is -2.51. The van der Waals surface area contributed by atoms with Crippen LogP contribution in [0.4, 0.5) is 4.79 Å². The van der Waals surface area contributed by atoms with E-state index in [0.717, 1.165) is 0 Å². The molecule has 0 aliphatic heterocycles. The predicted octanol–water partition coefficient (Wildman–Crippen LogP) is 2.95. The molecule has 8 heteroatoms. The molecule has 0 amide bonds. The molecule has 0 aromatic rings. The van der Waals surface area contributed by atoms with Crippen LogP contribution < -0.4 is 4.72 Å². The molecule has 7 nitrogen and oxygen atoms in total. The average Bonchev–Trinajstić information content (AvgIpc) is 2.39. The van der Waals surface area contributed by atoms with Gasteiger partial charge in [-0.1, -0.05) is 13.8 Å². The first-order chi connectivity index (χ1) is 11.2. The van der Waals surface area contributed by atoms with Gasteiger partial charge in [-0.15, -0.1) is 0 Å². The minimum atomic E-state index is -1.45. The van der Waals surface area contributed by atoms with Gasteiger partial charge in [0.05, 0.1) is 28.9 Å². The fourth-order valence-electron chi connectivity index (χ4n) is 1.84. The summed E-state index contributed by atoms with van der Waals surface area (Å²) in [5.41, 5.74) is -0.757. The summed E-state index contributed by atoms with van der Waals surface area (Å²) in [6.45, 7) is 14.4. The number of carbonyl (C=O) groups excluding carboxylic acids is 2. The van der Waals surface area contributed by atoms with Gasteiger partial charge in [-0.05, 0) is 53.9 Å². The van der Waals surface area contributed by atoms with E-state index in [1.807, 2.05) is 34.6 Å². The molecule has 3 atom stereocenters. The Morgan fingerprint density at radius 1 is 1.08 bits per heavy atom. The van der Waals surface area contributed by atoms with Crippen LogP contribution in [0.25, 0.3) is 0 Å². The summed E-state index contributed by atoms with van der Waals surface area (Å²) in [5, 5.41) is 0. The Morgan fingerprint density at radius 2 is 1.60 bits per heavy atom. The lowest BCUT2D eigenvalue weighted by Gasteiger charge is -2.30. The molecule has 148 valence electrons. The summed E-state index contributed by atoms with van der Waals surface area (Å²) in [5.74, 6) is -0.557. The molecule has 0 aromatic carbocycles. The van der Waals surface area contributed by atoms with Gasteiger partial charge in [0.25, 0.3) is 0 Å². The van der Waals surface area contributed by atoms with Crippen molar-refractivity contribution in [3.63, 3.8) is 0 Å². The number of ether oxygens (including phenoxy) is 3. The molecule has 0 bridgehead atoms. The molecule has 0 fully saturated rings. The molecule has 25 heavy (non-hydrogen) atoms. The van der Waals surface area contributed by atoms with E-state index in [1.165, 1.54) is 7.11 Å². The van der Waals surface area contributed by atoms with Crippen LogP contribution in [0.15, 0.2) is 0 Å².